The molecule has 0 aliphatic carbocycles. The Morgan fingerprint density at radius 3 is 1.72 bits per heavy atom. The lowest BCUT2D eigenvalue weighted by molar-refractivity contribution is 0.426. The van der Waals surface area contributed by atoms with Gasteiger partial charge in [-0.25, -0.2) is 0 Å². The second-order valence-electron chi connectivity index (χ2n) is 8.84. The first-order chi connectivity index (χ1) is 17.7. The van der Waals surface area contributed by atoms with Crippen LogP contribution in [0.3, 0.4) is 0 Å². The quantitative estimate of drug-likeness (QED) is 0.275. The highest BCUT2D eigenvalue weighted by Crippen LogP contribution is 2.44. The zero-order chi connectivity index (χ0) is 24.5. The van der Waals surface area contributed by atoms with Crippen LogP contribution >= 0.6 is 0 Å². The summed E-state index contributed by atoms with van der Waals surface area (Å²) in [5.74, 6) is 0. The summed E-state index contributed by atoms with van der Waals surface area (Å²) in [7, 11) is -1.51. The third-order valence-corrected chi connectivity index (χ3v) is 6.68. The van der Waals surface area contributed by atoms with Gasteiger partial charge in [0.25, 0.3) is 0 Å². The van der Waals surface area contributed by atoms with Crippen LogP contribution < -0.4 is 10.4 Å². The molecule has 0 aliphatic rings. The van der Waals surface area contributed by atoms with Crippen LogP contribution in [-0.2, 0) is 0 Å². The number of anilines is 3. The Balaban J connectivity index is 1.64. The van der Waals surface area contributed by atoms with Gasteiger partial charge in [-0.2, -0.15) is 0 Å². The lowest BCUT2D eigenvalue weighted by Crippen LogP contribution is -2.29. The summed E-state index contributed by atoms with van der Waals surface area (Å²) in [6.07, 6.45) is 0. The van der Waals surface area contributed by atoms with E-state index in [-0.39, 0.29) is 0 Å². The number of benzene rings is 6. The molecule has 6 aromatic rings. The van der Waals surface area contributed by atoms with Crippen molar-refractivity contribution in [3.63, 3.8) is 0 Å². The van der Waals surface area contributed by atoms with E-state index in [1.165, 1.54) is 10.8 Å². The molecule has 0 aromatic heterocycles. The molecule has 4 heteroatoms. The Morgan fingerprint density at radius 2 is 0.972 bits per heavy atom. The van der Waals surface area contributed by atoms with E-state index in [0.717, 1.165) is 39.0 Å². The lowest BCUT2D eigenvalue weighted by Gasteiger charge is -2.29. The van der Waals surface area contributed by atoms with Gasteiger partial charge >= 0.3 is 7.12 Å². The molecule has 6 rings (SSSR count). The summed E-state index contributed by atoms with van der Waals surface area (Å²) in [5, 5.41) is 24.0. The van der Waals surface area contributed by atoms with Crippen molar-refractivity contribution in [2.75, 3.05) is 4.90 Å². The molecular weight excluding hydrogens is 441 g/mol. The fourth-order valence-electron chi connectivity index (χ4n) is 4.96. The van der Waals surface area contributed by atoms with E-state index in [2.05, 4.69) is 114 Å². The lowest BCUT2D eigenvalue weighted by atomic mass is 9.80. The largest absolute Gasteiger partial charge is 0.488 e. The number of hydrogen-bond acceptors (Lipinski definition) is 3. The molecule has 172 valence electrons. The molecule has 0 saturated heterocycles. The van der Waals surface area contributed by atoms with E-state index in [4.69, 9.17) is 0 Å². The van der Waals surface area contributed by atoms with Crippen LogP contribution in [0.4, 0.5) is 17.1 Å². The monoisotopic (exact) mass is 465 g/mol. The van der Waals surface area contributed by atoms with Crippen molar-refractivity contribution in [1.29, 1.82) is 0 Å². The molecule has 0 aliphatic heterocycles. The van der Waals surface area contributed by atoms with Crippen molar-refractivity contribution in [2.45, 2.75) is 0 Å². The van der Waals surface area contributed by atoms with Crippen LogP contribution in [0.1, 0.15) is 0 Å². The molecule has 0 unspecified atom stereocenters. The second kappa shape index (κ2) is 9.35. The molecular formula is C32H24BNO2. The number of fused-ring (bicyclic) bond motifs is 2. The van der Waals surface area contributed by atoms with Crippen molar-refractivity contribution < 1.29 is 10.0 Å². The molecule has 3 nitrogen and oxygen atoms in total. The Labute approximate surface area is 210 Å². The molecule has 0 saturated carbocycles. The first-order valence-electron chi connectivity index (χ1n) is 12.0. The molecule has 0 fully saturated rings. The van der Waals surface area contributed by atoms with Gasteiger partial charge in [0.1, 0.15) is 0 Å². The Hall–Kier alpha value is -4.38. The Morgan fingerprint density at radius 1 is 0.444 bits per heavy atom. The molecule has 2 N–H and O–H groups in total. The minimum absolute atomic E-state index is 0.457. The Kier molecular flexibility index (Phi) is 5.74. The van der Waals surface area contributed by atoms with E-state index >= 15 is 0 Å². The first kappa shape index (κ1) is 22.1. The fourth-order valence-corrected chi connectivity index (χ4v) is 4.96. The topological polar surface area (TPSA) is 43.7 Å². The van der Waals surface area contributed by atoms with E-state index in [0.29, 0.717) is 5.46 Å². The van der Waals surface area contributed by atoms with Crippen molar-refractivity contribution in [1.82, 2.24) is 0 Å². The standard InChI is InChI=1S/C32H24BNO2/c35-33(36)25-19-21-26(22-20-25)34(31-18-8-12-24-10-2-4-14-28(24)31)32-17-6-5-15-30(32)29-16-7-11-23-9-1-3-13-27(23)29/h1-22,35-36H. The van der Waals surface area contributed by atoms with Crippen molar-refractivity contribution in [3.05, 3.63) is 133 Å². The molecule has 36 heavy (non-hydrogen) atoms. The van der Waals surface area contributed by atoms with Gasteiger partial charge in [0.15, 0.2) is 0 Å². The molecule has 6 aromatic carbocycles. The summed E-state index contributed by atoms with van der Waals surface area (Å²) >= 11 is 0. The van der Waals surface area contributed by atoms with Crippen LogP contribution in [-0.4, -0.2) is 17.2 Å². The van der Waals surface area contributed by atoms with Gasteiger partial charge < -0.3 is 14.9 Å². The van der Waals surface area contributed by atoms with Crippen molar-refractivity contribution in [3.8, 4) is 11.1 Å². The zero-order valence-corrected chi connectivity index (χ0v) is 19.6. The van der Waals surface area contributed by atoms with Gasteiger partial charge in [0.2, 0.25) is 0 Å². The highest BCUT2D eigenvalue weighted by molar-refractivity contribution is 6.58. The summed E-state index contributed by atoms with van der Waals surface area (Å²) < 4.78 is 0. The van der Waals surface area contributed by atoms with Gasteiger partial charge in [-0.3, -0.25) is 0 Å². The third kappa shape index (κ3) is 3.93. The zero-order valence-electron chi connectivity index (χ0n) is 19.6. The highest BCUT2D eigenvalue weighted by Gasteiger charge is 2.20. The minimum atomic E-state index is -1.51. The third-order valence-electron chi connectivity index (χ3n) is 6.68. The van der Waals surface area contributed by atoms with E-state index < -0.39 is 7.12 Å². The average molecular weight is 465 g/mol. The normalized spacial score (nSPS) is 11.1. The summed E-state index contributed by atoms with van der Waals surface area (Å²) in [5.41, 5.74) is 5.77. The van der Waals surface area contributed by atoms with E-state index in [1.807, 2.05) is 12.1 Å². The van der Waals surface area contributed by atoms with Crippen LogP contribution in [0, 0.1) is 0 Å². The molecule has 0 atom stereocenters. The molecule has 0 amide bonds. The summed E-state index contributed by atoms with van der Waals surface area (Å²) in [6, 6.07) is 45.5. The van der Waals surface area contributed by atoms with Gasteiger partial charge in [-0.1, -0.05) is 109 Å². The molecule has 0 bridgehead atoms. The number of para-hydroxylation sites is 1. The smallest absolute Gasteiger partial charge is 0.423 e. The predicted molar refractivity (Wildman–Crippen MR) is 151 cm³/mol. The summed E-state index contributed by atoms with van der Waals surface area (Å²) in [6.45, 7) is 0. The number of rotatable bonds is 5. The second-order valence-corrected chi connectivity index (χ2v) is 8.84. The van der Waals surface area contributed by atoms with Crippen molar-refractivity contribution >= 4 is 51.2 Å². The maximum Gasteiger partial charge on any atom is 0.488 e. The van der Waals surface area contributed by atoms with Gasteiger partial charge in [0.05, 0.1) is 11.4 Å². The van der Waals surface area contributed by atoms with Crippen LogP contribution in [0.25, 0.3) is 32.7 Å². The van der Waals surface area contributed by atoms with Crippen molar-refractivity contribution in [2.24, 2.45) is 0 Å². The van der Waals surface area contributed by atoms with Crippen LogP contribution in [0.2, 0.25) is 0 Å². The first-order valence-corrected chi connectivity index (χ1v) is 12.0. The van der Waals surface area contributed by atoms with Crippen LogP contribution in [0.5, 0.6) is 0 Å². The molecule has 0 radical (unpaired) electrons. The highest BCUT2D eigenvalue weighted by atomic mass is 16.4. The molecule has 0 spiro atoms. The fraction of sp³-hybridized carbons (Fsp3) is 0. The Bertz CT molecular complexity index is 1670. The predicted octanol–water partition coefficient (Wildman–Crippen LogP) is 6.81. The SMILES string of the molecule is OB(O)c1ccc(N(c2ccccc2-c2cccc3ccccc23)c2cccc3ccccc23)cc1. The maximum absolute atomic E-state index is 9.66. The average Bonchev–Trinajstić information content (AvgIpc) is 2.94. The molecule has 0 heterocycles. The number of hydrogen-bond donors (Lipinski definition) is 2. The number of nitrogens with zero attached hydrogens (tertiary/aromatic N) is 1. The van der Waals surface area contributed by atoms with E-state index in [9.17, 15) is 10.0 Å². The maximum atomic E-state index is 9.66. The van der Waals surface area contributed by atoms with Gasteiger partial charge in [0, 0.05) is 16.6 Å². The van der Waals surface area contributed by atoms with Gasteiger partial charge in [-0.05, 0) is 51.5 Å². The minimum Gasteiger partial charge on any atom is -0.423 e. The van der Waals surface area contributed by atoms with E-state index in [1.54, 1.807) is 12.1 Å². The van der Waals surface area contributed by atoms with Crippen LogP contribution in [0.15, 0.2) is 133 Å². The van der Waals surface area contributed by atoms with Gasteiger partial charge in [-0.15, -0.1) is 0 Å². The summed E-state index contributed by atoms with van der Waals surface area (Å²) in [4.78, 5) is 2.26.